The lowest BCUT2D eigenvalue weighted by Crippen LogP contribution is -2.32. The second-order valence-corrected chi connectivity index (χ2v) is 4.33. The van der Waals surface area contributed by atoms with Crippen LogP contribution in [0.25, 0.3) is 0 Å². The third-order valence-corrected chi connectivity index (χ3v) is 3.04. The molecule has 1 aliphatic heterocycles. The second kappa shape index (κ2) is 5.29. The molecular weight excluding hydrogens is 186 g/mol. The predicted octanol–water partition coefficient (Wildman–Crippen LogP) is 1.07. The first kappa shape index (κ1) is 10.6. The van der Waals surface area contributed by atoms with Crippen LogP contribution in [0.3, 0.4) is 0 Å². The molecule has 1 heterocycles. The van der Waals surface area contributed by atoms with E-state index in [-0.39, 0.29) is 0 Å². The third-order valence-electron chi connectivity index (χ3n) is 2.10. The molecule has 1 rings (SSSR count). The van der Waals surface area contributed by atoms with Gasteiger partial charge in [0, 0.05) is 36.7 Å². The van der Waals surface area contributed by atoms with Crippen molar-refractivity contribution in [3.05, 3.63) is 11.6 Å². The van der Waals surface area contributed by atoms with Crippen LogP contribution < -0.4 is 0 Å². The van der Waals surface area contributed by atoms with E-state index in [1.165, 1.54) is 11.5 Å². The van der Waals surface area contributed by atoms with Crippen LogP contribution in [0.5, 0.6) is 0 Å². The highest BCUT2D eigenvalue weighted by molar-refractivity contribution is 7.99. The quantitative estimate of drug-likeness (QED) is 0.693. The summed E-state index contributed by atoms with van der Waals surface area (Å²) in [7, 11) is 0. The second-order valence-electron chi connectivity index (χ2n) is 3.11. The predicted molar refractivity (Wildman–Crippen MR) is 55.2 cm³/mol. The topological polar surface area (TPSA) is 40.5 Å². The fraction of sp³-hybridized carbons (Fsp3) is 0.667. The van der Waals surface area contributed by atoms with E-state index < -0.39 is 5.97 Å². The lowest BCUT2D eigenvalue weighted by molar-refractivity contribution is -0.132. The number of rotatable bonds is 3. The molecule has 0 aromatic carbocycles. The molecule has 0 aliphatic carbocycles. The Hall–Kier alpha value is -0.480. The normalized spacial score (nSPS) is 20.2. The number of thioether (sulfide) groups is 1. The summed E-state index contributed by atoms with van der Waals surface area (Å²) in [6, 6.07) is 0. The highest BCUT2D eigenvalue weighted by Gasteiger charge is 2.09. The number of carboxylic acids is 1. The highest BCUT2D eigenvalue weighted by Crippen LogP contribution is 2.08. The Kier molecular flexibility index (Phi) is 4.32. The van der Waals surface area contributed by atoms with Gasteiger partial charge < -0.3 is 5.11 Å². The minimum Gasteiger partial charge on any atom is -0.478 e. The van der Waals surface area contributed by atoms with Gasteiger partial charge in [-0.15, -0.1) is 0 Å². The Morgan fingerprint density at radius 3 is 2.69 bits per heavy atom. The van der Waals surface area contributed by atoms with E-state index in [0.717, 1.165) is 19.6 Å². The Bertz CT molecular complexity index is 210. The monoisotopic (exact) mass is 201 g/mol. The third kappa shape index (κ3) is 3.83. The fourth-order valence-electron chi connectivity index (χ4n) is 1.14. The molecule has 0 spiro atoms. The van der Waals surface area contributed by atoms with Crippen LogP contribution in [-0.4, -0.2) is 47.1 Å². The lowest BCUT2D eigenvalue weighted by Gasteiger charge is -2.24. The van der Waals surface area contributed by atoms with E-state index >= 15 is 0 Å². The van der Waals surface area contributed by atoms with Gasteiger partial charge in [0.2, 0.25) is 0 Å². The van der Waals surface area contributed by atoms with Crippen molar-refractivity contribution in [3.63, 3.8) is 0 Å². The molecule has 74 valence electrons. The maximum Gasteiger partial charge on any atom is 0.330 e. The average molecular weight is 201 g/mol. The van der Waals surface area contributed by atoms with Crippen LogP contribution in [0, 0.1) is 0 Å². The van der Waals surface area contributed by atoms with Crippen LogP contribution in [0.2, 0.25) is 0 Å². The van der Waals surface area contributed by atoms with E-state index in [9.17, 15) is 4.79 Å². The summed E-state index contributed by atoms with van der Waals surface area (Å²) in [5.74, 6) is 1.52. The summed E-state index contributed by atoms with van der Waals surface area (Å²) in [5, 5.41) is 8.62. The summed E-state index contributed by atoms with van der Waals surface area (Å²) in [5.41, 5.74) is 0.443. The largest absolute Gasteiger partial charge is 0.478 e. The Morgan fingerprint density at radius 1 is 1.54 bits per heavy atom. The molecule has 0 aromatic heterocycles. The Morgan fingerprint density at radius 2 is 2.15 bits per heavy atom. The van der Waals surface area contributed by atoms with Gasteiger partial charge in [-0.05, 0) is 6.92 Å². The van der Waals surface area contributed by atoms with Gasteiger partial charge in [0.05, 0.1) is 0 Å². The van der Waals surface area contributed by atoms with Gasteiger partial charge in [-0.1, -0.05) is 6.08 Å². The molecule has 0 amide bonds. The van der Waals surface area contributed by atoms with Gasteiger partial charge in [-0.3, -0.25) is 4.90 Å². The number of carboxylic acid groups (broad SMARTS) is 1. The first-order valence-electron chi connectivity index (χ1n) is 4.40. The molecule has 1 fully saturated rings. The summed E-state index contributed by atoms with van der Waals surface area (Å²) in [6.45, 7) is 4.57. The smallest absolute Gasteiger partial charge is 0.330 e. The summed E-state index contributed by atoms with van der Waals surface area (Å²) in [4.78, 5) is 12.8. The van der Waals surface area contributed by atoms with Crippen molar-refractivity contribution in [2.75, 3.05) is 31.1 Å². The van der Waals surface area contributed by atoms with Crippen molar-refractivity contribution in [2.24, 2.45) is 0 Å². The van der Waals surface area contributed by atoms with E-state index in [0.29, 0.717) is 5.57 Å². The molecule has 4 heteroatoms. The number of hydrogen-bond acceptors (Lipinski definition) is 3. The van der Waals surface area contributed by atoms with Crippen LogP contribution >= 0.6 is 11.8 Å². The Balaban J connectivity index is 2.31. The fourth-order valence-corrected chi connectivity index (χ4v) is 2.12. The zero-order valence-electron chi connectivity index (χ0n) is 7.82. The van der Waals surface area contributed by atoms with Gasteiger partial charge in [-0.25, -0.2) is 4.79 Å². The molecule has 0 aromatic rings. The highest BCUT2D eigenvalue weighted by atomic mass is 32.2. The first-order valence-corrected chi connectivity index (χ1v) is 5.56. The van der Waals surface area contributed by atoms with Gasteiger partial charge in [0.1, 0.15) is 0 Å². The van der Waals surface area contributed by atoms with Crippen molar-refractivity contribution in [1.29, 1.82) is 0 Å². The van der Waals surface area contributed by atoms with Crippen molar-refractivity contribution in [3.8, 4) is 0 Å². The molecule has 0 unspecified atom stereocenters. The van der Waals surface area contributed by atoms with Crippen LogP contribution in [-0.2, 0) is 4.79 Å². The SMILES string of the molecule is CC(=CCN1CCSCC1)C(=O)O. The average Bonchev–Trinajstić information content (AvgIpc) is 2.15. The minimum atomic E-state index is -0.814. The van der Waals surface area contributed by atoms with E-state index in [4.69, 9.17) is 5.11 Å². The van der Waals surface area contributed by atoms with Crippen LogP contribution in [0.1, 0.15) is 6.92 Å². The van der Waals surface area contributed by atoms with Gasteiger partial charge in [0.25, 0.3) is 0 Å². The molecule has 1 N–H and O–H groups in total. The standard InChI is InChI=1S/C9H15NO2S/c1-8(9(11)12)2-3-10-4-6-13-7-5-10/h2H,3-7H2,1H3,(H,11,12). The lowest BCUT2D eigenvalue weighted by atomic mass is 10.3. The van der Waals surface area contributed by atoms with Gasteiger partial charge in [-0.2, -0.15) is 11.8 Å². The molecule has 0 bridgehead atoms. The molecule has 1 aliphatic rings. The molecule has 1 saturated heterocycles. The minimum absolute atomic E-state index is 0.443. The van der Waals surface area contributed by atoms with Crippen molar-refractivity contribution in [2.45, 2.75) is 6.92 Å². The number of hydrogen-bond donors (Lipinski definition) is 1. The maximum atomic E-state index is 10.5. The van der Waals surface area contributed by atoms with Crippen LogP contribution in [0.4, 0.5) is 0 Å². The van der Waals surface area contributed by atoms with E-state index in [1.807, 2.05) is 11.8 Å². The number of aliphatic carboxylic acids is 1. The van der Waals surface area contributed by atoms with Crippen molar-refractivity contribution >= 4 is 17.7 Å². The molecule has 13 heavy (non-hydrogen) atoms. The van der Waals surface area contributed by atoms with E-state index in [2.05, 4.69) is 4.90 Å². The molecule has 0 radical (unpaired) electrons. The summed E-state index contributed by atoms with van der Waals surface area (Å²) in [6.07, 6.45) is 1.79. The van der Waals surface area contributed by atoms with Crippen molar-refractivity contribution in [1.82, 2.24) is 4.90 Å². The summed E-state index contributed by atoms with van der Waals surface area (Å²) < 4.78 is 0. The first-order chi connectivity index (χ1) is 6.20. The zero-order chi connectivity index (χ0) is 9.68. The van der Waals surface area contributed by atoms with Crippen molar-refractivity contribution < 1.29 is 9.90 Å². The molecular formula is C9H15NO2S. The van der Waals surface area contributed by atoms with Gasteiger partial charge in [0.15, 0.2) is 0 Å². The molecule has 0 atom stereocenters. The number of nitrogens with zero attached hydrogens (tertiary/aromatic N) is 1. The van der Waals surface area contributed by atoms with E-state index in [1.54, 1.807) is 13.0 Å². The van der Waals surface area contributed by atoms with Gasteiger partial charge >= 0.3 is 5.97 Å². The van der Waals surface area contributed by atoms with Crippen LogP contribution in [0.15, 0.2) is 11.6 Å². The Labute approximate surface area is 82.8 Å². The zero-order valence-corrected chi connectivity index (χ0v) is 8.64. The molecule has 3 nitrogen and oxygen atoms in total. The molecule has 0 saturated carbocycles. The maximum absolute atomic E-state index is 10.5. The number of carbonyl (C=O) groups is 1. The summed E-state index contributed by atoms with van der Waals surface area (Å²) >= 11 is 1.96.